The van der Waals surface area contributed by atoms with E-state index in [1.165, 1.54) is 50.7 Å². The number of rotatable bonds is 5. The maximum absolute atomic E-state index is 14.3. The second-order valence-electron chi connectivity index (χ2n) is 8.32. The summed E-state index contributed by atoms with van der Waals surface area (Å²) in [5.74, 6) is -1.15. The van der Waals surface area contributed by atoms with Gasteiger partial charge in [0.2, 0.25) is 0 Å². The van der Waals surface area contributed by atoms with Crippen LogP contribution in [0.5, 0.6) is 0 Å². The highest BCUT2D eigenvalue weighted by Gasteiger charge is 2.32. The van der Waals surface area contributed by atoms with Crippen LogP contribution in [0.3, 0.4) is 0 Å². The highest BCUT2D eigenvalue weighted by atomic mass is 19.2. The third kappa shape index (κ3) is 4.10. The fourth-order valence-electron chi connectivity index (χ4n) is 5.30. The van der Waals surface area contributed by atoms with E-state index in [4.69, 9.17) is 5.11 Å². The number of aromatic carboxylic acids is 1. The van der Waals surface area contributed by atoms with Gasteiger partial charge in [0.15, 0.2) is 11.6 Å². The summed E-state index contributed by atoms with van der Waals surface area (Å²) >= 11 is 0. The maximum Gasteiger partial charge on any atom is 0.338 e. The van der Waals surface area contributed by atoms with E-state index in [1.807, 2.05) is 0 Å². The van der Waals surface area contributed by atoms with E-state index in [2.05, 4.69) is 6.92 Å². The van der Waals surface area contributed by atoms with E-state index in [1.54, 1.807) is 0 Å². The van der Waals surface area contributed by atoms with Crippen LogP contribution >= 0.6 is 0 Å². The highest BCUT2D eigenvalue weighted by molar-refractivity contribution is 5.88. The molecule has 2 saturated carbocycles. The van der Waals surface area contributed by atoms with Crippen molar-refractivity contribution in [1.29, 1.82) is 0 Å². The fourth-order valence-corrected chi connectivity index (χ4v) is 5.30. The molecule has 0 spiro atoms. The first-order chi connectivity index (χ1) is 12.5. The maximum atomic E-state index is 14.3. The van der Waals surface area contributed by atoms with Gasteiger partial charge in [-0.15, -0.1) is 0 Å². The molecular weight excluding hydrogens is 334 g/mol. The lowest BCUT2D eigenvalue weighted by Crippen LogP contribution is -2.25. The second-order valence-corrected chi connectivity index (χ2v) is 8.32. The number of carboxylic acid groups (broad SMARTS) is 1. The van der Waals surface area contributed by atoms with Crippen LogP contribution in [0.25, 0.3) is 0 Å². The number of benzene rings is 1. The minimum atomic E-state index is -1.42. The van der Waals surface area contributed by atoms with Gasteiger partial charge in [0.05, 0.1) is 5.56 Å². The third-order valence-electron chi connectivity index (χ3n) is 6.81. The summed E-state index contributed by atoms with van der Waals surface area (Å²) in [5.41, 5.74) is -0.221. The second kappa shape index (κ2) is 8.49. The first kappa shape index (κ1) is 19.3. The molecule has 0 radical (unpaired) electrons. The Bertz CT molecular complexity index is 627. The molecule has 4 heteroatoms. The standard InChI is InChI=1S/C22H30F2O2/c1-2-3-14-4-6-15(7-5-14)16-8-10-17(11-9-16)18-12-13-19(22(25)26)21(24)20(18)23/h12-17H,2-11H2,1H3,(H,25,26). The predicted octanol–water partition coefficient (Wildman–Crippen LogP) is 6.54. The van der Waals surface area contributed by atoms with Gasteiger partial charge in [-0.1, -0.05) is 38.7 Å². The zero-order chi connectivity index (χ0) is 18.7. The van der Waals surface area contributed by atoms with Crippen molar-refractivity contribution in [2.45, 2.75) is 77.0 Å². The molecule has 0 bridgehead atoms. The van der Waals surface area contributed by atoms with Gasteiger partial charge in [-0.3, -0.25) is 0 Å². The highest BCUT2D eigenvalue weighted by Crippen LogP contribution is 2.45. The Morgan fingerprint density at radius 1 is 0.962 bits per heavy atom. The van der Waals surface area contributed by atoms with Gasteiger partial charge in [-0.2, -0.15) is 0 Å². The van der Waals surface area contributed by atoms with Crippen LogP contribution in [-0.2, 0) is 0 Å². The minimum absolute atomic E-state index is 0.0139. The molecule has 1 aromatic carbocycles. The van der Waals surface area contributed by atoms with Crippen LogP contribution < -0.4 is 0 Å². The molecule has 2 aliphatic carbocycles. The number of hydrogen-bond donors (Lipinski definition) is 1. The van der Waals surface area contributed by atoms with Crippen molar-refractivity contribution in [3.63, 3.8) is 0 Å². The van der Waals surface area contributed by atoms with Gasteiger partial charge >= 0.3 is 5.97 Å². The smallest absolute Gasteiger partial charge is 0.338 e. The molecule has 0 heterocycles. The lowest BCUT2D eigenvalue weighted by atomic mass is 9.68. The van der Waals surface area contributed by atoms with Gasteiger partial charge in [-0.25, -0.2) is 13.6 Å². The van der Waals surface area contributed by atoms with Gasteiger partial charge < -0.3 is 5.11 Å². The number of halogens is 2. The van der Waals surface area contributed by atoms with Crippen LogP contribution in [0.1, 0.15) is 93.0 Å². The lowest BCUT2D eigenvalue weighted by Gasteiger charge is -2.38. The van der Waals surface area contributed by atoms with Crippen molar-refractivity contribution in [3.05, 3.63) is 34.9 Å². The van der Waals surface area contributed by atoms with E-state index in [0.717, 1.165) is 43.4 Å². The van der Waals surface area contributed by atoms with Crippen molar-refractivity contribution in [1.82, 2.24) is 0 Å². The van der Waals surface area contributed by atoms with Crippen molar-refractivity contribution in [2.75, 3.05) is 0 Å². The van der Waals surface area contributed by atoms with Crippen LogP contribution in [-0.4, -0.2) is 11.1 Å². The molecule has 0 saturated heterocycles. The van der Waals surface area contributed by atoms with E-state index >= 15 is 0 Å². The monoisotopic (exact) mass is 364 g/mol. The SMILES string of the molecule is CCCC1CCC(C2CCC(c3ccc(C(=O)O)c(F)c3F)CC2)CC1. The first-order valence-corrected chi connectivity index (χ1v) is 10.2. The topological polar surface area (TPSA) is 37.3 Å². The normalized spacial score (nSPS) is 29.5. The Hall–Kier alpha value is -1.45. The van der Waals surface area contributed by atoms with E-state index < -0.39 is 23.2 Å². The van der Waals surface area contributed by atoms with Gasteiger partial charge in [0.25, 0.3) is 0 Å². The Labute approximate surface area is 155 Å². The van der Waals surface area contributed by atoms with Crippen LogP contribution in [0, 0.1) is 29.4 Å². The summed E-state index contributed by atoms with van der Waals surface area (Å²) in [6, 6.07) is 2.68. The molecule has 2 nitrogen and oxygen atoms in total. The molecule has 0 atom stereocenters. The Balaban J connectivity index is 1.58. The molecule has 0 amide bonds. The van der Waals surface area contributed by atoms with Crippen LogP contribution in [0.2, 0.25) is 0 Å². The van der Waals surface area contributed by atoms with Crippen LogP contribution in [0.15, 0.2) is 12.1 Å². The molecule has 1 aromatic rings. The van der Waals surface area contributed by atoms with Crippen LogP contribution in [0.4, 0.5) is 8.78 Å². The minimum Gasteiger partial charge on any atom is -0.478 e. The Morgan fingerprint density at radius 2 is 1.54 bits per heavy atom. The molecule has 2 fully saturated rings. The first-order valence-electron chi connectivity index (χ1n) is 10.2. The van der Waals surface area contributed by atoms with Gasteiger partial charge in [0.1, 0.15) is 0 Å². The molecule has 1 N–H and O–H groups in total. The van der Waals surface area contributed by atoms with E-state index in [9.17, 15) is 13.6 Å². The molecule has 26 heavy (non-hydrogen) atoms. The lowest BCUT2D eigenvalue weighted by molar-refractivity contribution is 0.0690. The summed E-state index contributed by atoms with van der Waals surface area (Å²) in [5, 5.41) is 8.92. The summed E-state index contributed by atoms with van der Waals surface area (Å²) in [6.07, 6.45) is 11.9. The van der Waals surface area contributed by atoms with Crippen molar-refractivity contribution in [2.24, 2.45) is 17.8 Å². The zero-order valence-electron chi connectivity index (χ0n) is 15.6. The molecule has 0 unspecified atom stereocenters. The molecular formula is C22H30F2O2. The molecule has 0 aliphatic heterocycles. The average molecular weight is 364 g/mol. The Kier molecular flexibility index (Phi) is 6.31. The Morgan fingerprint density at radius 3 is 2.08 bits per heavy atom. The fraction of sp³-hybridized carbons (Fsp3) is 0.682. The molecule has 3 rings (SSSR count). The number of carboxylic acids is 1. The quantitative estimate of drug-likeness (QED) is 0.644. The number of carbonyl (C=O) groups is 1. The summed E-state index contributed by atoms with van der Waals surface area (Å²) in [6.45, 7) is 2.26. The average Bonchev–Trinajstić information content (AvgIpc) is 2.65. The molecule has 2 aliphatic rings. The van der Waals surface area contributed by atoms with Crippen molar-refractivity contribution < 1.29 is 18.7 Å². The summed E-state index contributed by atoms with van der Waals surface area (Å²) < 4.78 is 28.3. The third-order valence-corrected chi connectivity index (χ3v) is 6.81. The van der Waals surface area contributed by atoms with Crippen molar-refractivity contribution >= 4 is 5.97 Å². The summed E-state index contributed by atoms with van der Waals surface area (Å²) in [4.78, 5) is 10.9. The predicted molar refractivity (Wildman–Crippen MR) is 98.4 cm³/mol. The molecule has 144 valence electrons. The molecule has 0 aromatic heterocycles. The van der Waals surface area contributed by atoms with E-state index in [-0.39, 0.29) is 5.92 Å². The number of hydrogen-bond acceptors (Lipinski definition) is 1. The van der Waals surface area contributed by atoms with Gasteiger partial charge in [-0.05, 0) is 73.8 Å². The van der Waals surface area contributed by atoms with Gasteiger partial charge in [0, 0.05) is 0 Å². The summed E-state index contributed by atoms with van der Waals surface area (Å²) in [7, 11) is 0. The zero-order valence-corrected chi connectivity index (χ0v) is 15.6. The largest absolute Gasteiger partial charge is 0.478 e. The van der Waals surface area contributed by atoms with Crippen molar-refractivity contribution in [3.8, 4) is 0 Å². The van der Waals surface area contributed by atoms with E-state index in [0.29, 0.717) is 5.56 Å².